The largest absolute Gasteiger partial charge is 0.493 e. The third kappa shape index (κ3) is 4.88. The molecule has 1 saturated heterocycles. The molecule has 22 heavy (non-hydrogen) atoms. The highest BCUT2D eigenvalue weighted by molar-refractivity contribution is 9.10. The number of benzene rings is 1. The van der Waals surface area contributed by atoms with Gasteiger partial charge in [-0.1, -0.05) is 22.0 Å². The quantitative estimate of drug-likeness (QED) is 0.681. The Labute approximate surface area is 137 Å². The molecule has 2 nitrogen and oxygen atoms in total. The summed E-state index contributed by atoms with van der Waals surface area (Å²) in [6.07, 6.45) is -2.46. The predicted molar refractivity (Wildman–Crippen MR) is 84.2 cm³/mol. The standard InChI is InChI=1S/C16H21BrF3NO/c1-12-14(17)6-2-7-15(12)22-10-4-9-21-8-3-5-13(11-21)16(18,19)20/h2,6-7,13H,3-5,8-11H2,1H3. The van der Waals surface area contributed by atoms with Crippen LogP contribution in [0.25, 0.3) is 0 Å². The highest BCUT2D eigenvalue weighted by atomic mass is 79.9. The van der Waals surface area contributed by atoms with Crippen LogP contribution in [0.15, 0.2) is 22.7 Å². The number of hydrogen-bond acceptors (Lipinski definition) is 2. The van der Waals surface area contributed by atoms with E-state index < -0.39 is 12.1 Å². The average molecular weight is 380 g/mol. The van der Waals surface area contributed by atoms with Gasteiger partial charge in [0.2, 0.25) is 0 Å². The zero-order chi connectivity index (χ0) is 16.2. The van der Waals surface area contributed by atoms with Crippen molar-refractivity contribution >= 4 is 15.9 Å². The van der Waals surface area contributed by atoms with Crippen LogP contribution in [0.2, 0.25) is 0 Å². The Morgan fingerprint density at radius 2 is 2.14 bits per heavy atom. The molecule has 0 N–H and O–H groups in total. The Morgan fingerprint density at radius 1 is 1.36 bits per heavy atom. The van der Waals surface area contributed by atoms with Gasteiger partial charge in [-0.2, -0.15) is 13.2 Å². The van der Waals surface area contributed by atoms with Crippen molar-refractivity contribution in [2.75, 3.05) is 26.2 Å². The van der Waals surface area contributed by atoms with Crippen molar-refractivity contribution in [2.24, 2.45) is 5.92 Å². The number of nitrogens with zero attached hydrogens (tertiary/aromatic N) is 1. The molecule has 1 aromatic rings. The second-order valence-corrected chi connectivity index (χ2v) is 6.60. The summed E-state index contributed by atoms with van der Waals surface area (Å²) >= 11 is 3.45. The van der Waals surface area contributed by atoms with E-state index in [9.17, 15) is 13.2 Å². The smallest absolute Gasteiger partial charge is 0.393 e. The molecule has 1 atom stereocenters. The number of ether oxygens (including phenoxy) is 1. The minimum Gasteiger partial charge on any atom is -0.493 e. The van der Waals surface area contributed by atoms with Gasteiger partial charge in [0.05, 0.1) is 12.5 Å². The summed E-state index contributed by atoms with van der Waals surface area (Å²) in [4.78, 5) is 1.90. The van der Waals surface area contributed by atoms with Crippen molar-refractivity contribution in [3.05, 3.63) is 28.2 Å². The maximum absolute atomic E-state index is 12.8. The molecule has 1 fully saturated rings. The molecule has 1 heterocycles. The van der Waals surface area contributed by atoms with Crippen LogP contribution in [-0.4, -0.2) is 37.3 Å². The van der Waals surface area contributed by atoms with Crippen molar-refractivity contribution in [3.63, 3.8) is 0 Å². The van der Waals surface area contributed by atoms with E-state index in [4.69, 9.17) is 4.74 Å². The van der Waals surface area contributed by atoms with Gasteiger partial charge in [0.25, 0.3) is 0 Å². The number of alkyl halides is 3. The fraction of sp³-hybridized carbons (Fsp3) is 0.625. The maximum atomic E-state index is 12.8. The van der Waals surface area contributed by atoms with Crippen molar-refractivity contribution in [3.8, 4) is 5.75 Å². The fourth-order valence-corrected chi connectivity index (χ4v) is 3.09. The molecule has 0 bridgehead atoms. The maximum Gasteiger partial charge on any atom is 0.393 e. The Kier molecular flexibility index (Phi) is 6.15. The topological polar surface area (TPSA) is 12.5 Å². The molecule has 0 saturated carbocycles. The first-order chi connectivity index (χ1) is 10.4. The van der Waals surface area contributed by atoms with Crippen LogP contribution < -0.4 is 4.74 Å². The first kappa shape index (κ1) is 17.6. The summed E-state index contributed by atoms with van der Waals surface area (Å²) in [5.74, 6) is -0.351. The lowest BCUT2D eigenvalue weighted by Crippen LogP contribution is -2.42. The van der Waals surface area contributed by atoms with Crippen molar-refractivity contribution in [1.29, 1.82) is 0 Å². The number of rotatable bonds is 5. The highest BCUT2D eigenvalue weighted by Gasteiger charge is 2.41. The van der Waals surface area contributed by atoms with Crippen LogP contribution in [0.3, 0.4) is 0 Å². The van der Waals surface area contributed by atoms with Crippen LogP contribution in [0.1, 0.15) is 24.8 Å². The van der Waals surface area contributed by atoms with Crippen LogP contribution in [0.4, 0.5) is 13.2 Å². The molecule has 0 amide bonds. The minimum absolute atomic E-state index is 0.124. The van der Waals surface area contributed by atoms with E-state index in [0.29, 0.717) is 19.6 Å². The van der Waals surface area contributed by atoms with E-state index in [1.54, 1.807) is 0 Å². The van der Waals surface area contributed by atoms with Gasteiger partial charge in [-0.3, -0.25) is 0 Å². The fourth-order valence-electron chi connectivity index (χ4n) is 2.74. The van der Waals surface area contributed by atoms with E-state index >= 15 is 0 Å². The lowest BCUT2D eigenvalue weighted by molar-refractivity contribution is -0.186. The monoisotopic (exact) mass is 379 g/mol. The molecule has 1 unspecified atom stereocenters. The molecule has 124 valence electrons. The second kappa shape index (κ2) is 7.68. The summed E-state index contributed by atoms with van der Waals surface area (Å²) < 4.78 is 45.0. The molecule has 0 aliphatic carbocycles. The van der Waals surface area contributed by atoms with Gasteiger partial charge < -0.3 is 9.64 Å². The Balaban J connectivity index is 1.73. The Bertz CT molecular complexity index is 493. The van der Waals surface area contributed by atoms with Gasteiger partial charge in [0.15, 0.2) is 0 Å². The molecule has 1 aliphatic heterocycles. The van der Waals surface area contributed by atoms with Gasteiger partial charge >= 0.3 is 6.18 Å². The zero-order valence-corrected chi connectivity index (χ0v) is 14.2. The molecule has 1 aliphatic rings. The van der Waals surface area contributed by atoms with Crippen molar-refractivity contribution in [1.82, 2.24) is 4.90 Å². The van der Waals surface area contributed by atoms with Crippen LogP contribution >= 0.6 is 15.9 Å². The molecule has 0 aromatic heterocycles. The summed E-state index contributed by atoms with van der Waals surface area (Å²) in [6.45, 7) is 4.02. The van der Waals surface area contributed by atoms with E-state index in [2.05, 4.69) is 15.9 Å². The predicted octanol–water partition coefficient (Wildman–Crippen LogP) is 4.80. The normalized spacial score (nSPS) is 20.1. The lowest BCUT2D eigenvalue weighted by Gasteiger charge is -2.33. The minimum atomic E-state index is -4.07. The number of halogens is 4. The van der Waals surface area contributed by atoms with Crippen LogP contribution in [-0.2, 0) is 0 Å². The number of hydrogen-bond donors (Lipinski definition) is 0. The summed E-state index contributed by atoms with van der Waals surface area (Å²) in [7, 11) is 0. The zero-order valence-electron chi connectivity index (χ0n) is 12.6. The average Bonchev–Trinajstić information content (AvgIpc) is 2.47. The Morgan fingerprint density at radius 3 is 2.86 bits per heavy atom. The molecule has 0 spiro atoms. The van der Waals surface area contributed by atoms with Gasteiger partial charge in [-0.25, -0.2) is 0 Å². The third-order valence-corrected chi connectivity index (χ3v) is 4.92. The van der Waals surface area contributed by atoms with E-state index in [0.717, 1.165) is 28.8 Å². The van der Waals surface area contributed by atoms with Gasteiger partial charge in [0, 0.05) is 23.1 Å². The SMILES string of the molecule is Cc1c(Br)cccc1OCCCN1CCCC(C(F)(F)F)C1. The van der Waals surface area contributed by atoms with Gasteiger partial charge in [-0.15, -0.1) is 0 Å². The van der Waals surface area contributed by atoms with Crippen LogP contribution in [0, 0.1) is 12.8 Å². The Hall–Kier alpha value is -0.750. The first-order valence-electron chi connectivity index (χ1n) is 7.55. The lowest BCUT2D eigenvalue weighted by atomic mass is 9.97. The first-order valence-corrected chi connectivity index (χ1v) is 8.34. The summed E-state index contributed by atoms with van der Waals surface area (Å²) in [5.41, 5.74) is 1.04. The van der Waals surface area contributed by atoms with Crippen molar-refractivity contribution in [2.45, 2.75) is 32.4 Å². The van der Waals surface area contributed by atoms with Gasteiger partial charge in [0.1, 0.15) is 5.75 Å². The number of likely N-dealkylation sites (tertiary alicyclic amines) is 1. The molecule has 0 radical (unpaired) electrons. The summed E-state index contributed by atoms with van der Waals surface area (Å²) in [6, 6.07) is 5.76. The molecule has 2 rings (SSSR count). The van der Waals surface area contributed by atoms with E-state index in [1.807, 2.05) is 30.0 Å². The third-order valence-electron chi connectivity index (χ3n) is 4.06. The highest BCUT2D eigenvalue weighted by Crippen LogP contribution is 2.33. The van der Waals surface area contributed by atoms with Crippen LogP contribution in [0.5, 0.6) is 5.75 Å². The second-order valence-electron chi connectivity index (χ2n) is 5.75. The van der Waals surface area contributed by atoms with Gasteiger partial charge in [-0.05, 0) is 44.9 Å². The number of piperidine rings is 1. The molecular formula is C16H21BrF3NO. The van der Waals surface area contributed by atoms with E-state index in [-0.39, 0.29) is 13.0 Å². The molecular weight excluding hydrogens is 359 g/mol. The van der Waals surface area contributed by atoms with Crippen molar-refractivity contribution < 1.29 is 17.9 Å². The molecule has 1 aromatic carbocycles. The summed E-state index contributed by atoms with van der Waals surface area (Å²) in [5, 5.41) is 0. The molecule has 6 heteroatoms. The van der Waals surface area contributed by atoms with E-state index in [1.165, 1.54) is 0 Å².